The highest BCUT2D eigenvalue weighted by atomic mass is 15.1. The van der Waals surface area contributed by atoms with Crippen LogP contribution in [0.2, 0.25) is 0 Å². The second-order valence-electron chi connectivity index (χ2n) is 9.00. The number of hydrogen-bond acceptors (Lipinski definition) is 2. The van der Waals surface area contributed by atoms with Crippen molar-refractivity contribution in [2.75, 3.05) is 26.2 Å². The van der Waals surface area contributed by atoms with Crippen LogP contribution in [0.25, 0.3) is 0 Å². The summed E-state index contributed by atoms with van der Waals surface area (Å²) in [5.41, 5.74) is 0.567. The molecule has 2 saturated carbocycles. The largest absolute Gasteiger partial charge is 0.313 e. The van der Waals surface area contributed by atoms with Crippen LogP contribution in [0.4, 0.5) is 0 Å². The molecule has 0 aromatic carbocycles. The lowest BCUT2D eigenvalue weighted by Crippen LogP contribution is -2.50. The minimum atomic E-state index is 0.567. The third-order valence-electron chi connectivity index (χ3n) is 6.03. The van der Waals surface area contributed by atoms with Gasteiger partial charge in [0.15, 0.2) is 0 Å². The predicted molar refractivity (Wildman–Crippen MR) is 90.5 cm³/mol. The first-order chi connectivity index (χ1) is 10.0. The smallest absolute Gasteiger partial charge is 0.00684 e. The van der Waals surface area contributed by atoms with E-state index in [4.69, 9.17) is 0 Å². The maximum absolute atomic E-state index is 3.87. The van der Waals surface area contributed by atoms with Crippen LogP contribution >= 0.6 is 0 Å². The van der Waals surface area contributed by atoms with Gasteiger partial charge in [-0.15, -0.1) is 0 Å². The van der Waals surface area contributed by atoms with E-state index in [0.717, 1.165) is 23.8 Å². The first-order valence-electron chi connectivity index (χ1n) is 9.50. The van der Waals surface area contributed by atoms with Crippen LogP contribution in [-0.4, -0.2) is 37.1 Å². The zero-order valence-corrected chi connectivity index (χ0v) is 14.5. The molecule has 3 aliphatic rings. The Morgan fingerprint density at radius 3 is 2.33 bits per heavy atom. The monoisotopic (exact) mass is 292 g/mol. The lowest BCUT2D eigenvalue weighted by molar-refractivity contribution is 0.0450. The van der Waals surface area contributed by atoms with Crippen LogP contribution in [0.1, 0.15) is 65.7 Å². The third kappa shape index (κ3) is 4.45. The van der Waals surface area contributed by atoms with Crippen LogP contribution in [-0.2, 0) is 0 Å². The van der Waals surface area contributed by atoms with Gasteiger partial charge in [0.1, 0.15) is 0 Å². The average Bonchev–Trinajstić information content (AvgIpc) is 3.19. The molecule has 0 aromatic heterocycles. The molecule has 0 amide bonds. The Labute approximate surface area is 132 Å². The van der Waals surface area contributed by atoms with Crippen molar-refractivity contribution in [1.29, 1.82) is 0 Å². The molecule has 2 aliphatic carbocycles. The fraction of sp³-hybridized carbons (Fsp3) is 1.00. The van der Waals surface area contributed by atoms with Gasteiger partial charge in [0.25, 0.3) is 0 Å². The van der Waals surface area contributed by atoms with E-state index < -0.39 is 0 Å². The second kappa shape index (κ2) is 6.58. The van der Waals surface area contributed by atoms with Gasteiger partial charge in [-0.25, -0.2) is 0 Å². The normalized spacial score (nSPS) is 42.1. The van der Waals surface area contributed by atoms with Crippen molar-refractivity contribution >= 4 is 0 Å². The standard InChI is InChI=1S/C19H36N2/c1-15-5-4-8-19(10-15,13-20-18-6-7-18)14-21-11-16(2)9-17(3)12-21/h15-18,20H,4-14H2,1-3H3. The molecule has 4 atom stereocenters. The topological polar surface area (TPSA) is 15.3 Å². The zero-order valence-electron chi connectivity index (χ0n) is 14.5. The Bertz CT molecular complexity index is 328. The lowest BCUT2D eigenvalue weighted by Gasteiger charge is -2.46. The van der Waals surface area contributed by atoms with E-state index in [9.17, 15) is 0 Å². The third-order valence-corrected chi connectivity index (χ3v) is 6.03. The molecule has 0 spiro atoms. The van der Waals surface area contributed by atoms with Crippen molar-refractivity contribution in [1.82, 2.24) is 10.2 Å². The highest BCUT2D eigenvalue weighted by Crippen LogP contribution is 2.41. The number of piperidine rings is 1. The van der Waals surface area contributed by atoms with E-state index in [-0.39, 0.29) is 0 Å². The van der Waals surface area contributed by atoms with Crippen LogP contribution < -0.4 is 5.32 Å². The van der Waals surface area contributed by atoms with Crippen molar-refractivity contribution in [3.05, 3.63) is 0 Å². The summed E-state index contributed by atoms with van der Waals surface area (Å²) in [7, 11) is 0. The Hall–Kier alpha value is -0.0800. The molecule has 122 valence electrons. The average molecular weight is 293 g/mol. The number of nitrogens with one attached hydrogen (secondary N) is 1. The minimum Gasteiger partial charge on any atom is -0.313 e. The van der Waals surface area contributed by atoms with Gasteiger partial charge in [0.05, 0.1) is 0 Å². The van der Waals surface area contributed by atoms with Crippen LogP contribution in [0.15, 0.2) is 0 Å². The van der Waals surface area contributed by atoms with Gasteiger partial charge < -0.3 is 10.2 Å². The number of rotatable bonds is 5. The van der Waals surface area contributed by atoms with E-state index in [1.54, 1.807) is 0 Å². The van der Waals surface area contributed by atoms with Gasteiger partial charge in [0, 0.05) is 32.2 Å². The summed E-state index contributed by atoms with van der Waals surface area (Å²) >= 11 is 0. The summed E-state index contributed by atoms with van der Waals surface area (Å²) in [6.07, 6.45) is 10.1. The predicted octanol–water partition coefficient (Wildman–Crippen LogP) is 3.91. The summed E-state index contributed by atoms with van der Waals surface area (Å²) in [6, 6.07) is 0.860. The van der Waals surface area contributed by atoms with E-state index in [1.165, 1.54) is 71.1 Å². The second-order valence-corrected chi connectivity index (χ2v) is 9.00. The molecule has 4 unspecified atom stereocenters. The van der Waals surface area contributed by atoms with E-state index in [2.05, 4.69) is 31.0 Å². The van der Waals surface area contributed by atoms with Gasteiger partial charge in [-0.1, -0.05) is 33.6 Å². The maximum Gasteiger partial charge on any atom is 0.00684 e. The van der Waals surface area contributed by atoms with E-state index in [1.807, 2.05) is 0 Å². The molecule has 3 fully saturated rings. The van der Waals surface area contributed by atoms with Gasteiger partial charge >= 0.3 is 0 Å². The number of hydrogen-bond donors (Lipinski definition) is 1. The number of nitrogens with zero attached hydrogens (tertiary/aromatic N) is 1. The maximum atomic E-state index is 3.87. The Morgan fingerprint density at radius 2 is 1.71 bits per heavy atom. The molecule has 2 heteroatoms. The SMILES string of the molecule is CC1CC(C)CN(CC2(CNC3CC3)CCCC(C)C2)C1. The molecule has 1 heterocycles. The Kier molecular flexibility index (Phi) is 4.95. The van der Waals surface area contributed by atoms with E-state index >= 15 is 0 Å². The minimum absolute atomic E-state index is 0.567. The quantitative estimate of drug-likeness (QED) is 0.826. The summed E-state index contributed by atoms with van der Waals surface area (Å²) < 4.78 is 0. The molecular weight excluding hydrogens is 256 g/mol. The molecule has 3 rings (SSSR count). The molecule has 0 radical (unpaired) electrons. The van der Waals surface area contributed by atoms with Crippen LogP contribution in [0.3, 0.4) is 0 Å². The molecular formula is C19H36N2. The van der Waals surface area contributed by atoms with Crippen molar-refractivity contribution in [2.45, 2.75) is 71.8 Å². The highest BCUT2D eigenvalue weighted by Gasteiger charge is 2.38. The first kappa shape index (κ1) is 15.8. The van der Waals surface area contributed by atoms with Crippen molar-refractivity contribution in [2.24, 2.45) is 23.2 Å². The van der Waals surface area contributed by atoms with Gasteiger partial charge in [-0.2, -0.15) is 0 Å². The van der Waals surface area contributed by atoms with Crippen molar-refractivity contribution in [3.8, 4) is 0 Å². The first-order valence-corrected chi connectivity index (χ1v) is 9.50. The number of likely N-dealkylation sites (tertiary alicyclic amines) is 1. The summed E-state index contributed by atoms with van der Waals surface area (Å²) in [5, 5.41) is 3.87. The molecule has 1 saturated heterocycles. The molecule has 2 nitrogen and oxygen atoms in total. The van der Waals surface area contributed by atoms with Crippen LogP contribution in [0, 0.1) is 23.2 Å². The lowest BCUT2D eigenvalue weighted by atomic mass is 9.69. The zero-order chi connectivity index (χ0) is 14.9. The summed E-state index contributed by atoms with van der Waals surface area (Å²) in [5.74, 6) is 2.71. The van der Waals surface area contributed by atoms with E-state index in [0.29, 0.717) is 5.41 Å². The van der Waals surface area contributed by atoms with Gasteiger partial charge in [-0.3, -0.25) is 0 Å². The molecule has 21 heavy (non-hydrogen) atoms. The highest BCUT2D eigenvalue weighted by molar-refractivity contribution is 4.93. The summed E-state index contributed by atoms with van der Waals surface area (Å²) in [6.45, 7) is 12.7. The molecule has 0 bridgehead atoms. The van der Waals surface area contributed by atoms with Crippen molar-refractivity contribution < 1.29 is 0 Å². The van der Waals surface area contributed by atoms with Crippen LogP contribution in [0.5, 0.6) is 0 Å². The molecule has 1 N–H and O–H groups in total. The molecule has 1 aliphatic heterocycles. The van der Waals surface area contributed by atoms with Crippen molar-refractivity contribution in [3.63, 3.8) is 0 Å². The Morgan fingerprint density at radius 1 is 1.00 bits per heavy atom. The van der Waals surface area contributed by atoms with Gasteiger partial charge in [-0.05, 0) is 55.3 Å². The summed E-state index contributed by atoms with van der Waals surface area (Å²) in [4.78, 5) is 2.81. The fourth-order valence-corrected chi connectivity index (χ4v) is 5.17. The van der Waals surface area contributed by atoms with Gasteiger partial charge in [0.2, 0.25) is 0 Å². The fourth-order valence-electron chi connectivity index (χ4n) is 5.17. The molecule has 0 aromatic rings. The Balaban J connectivity index is 1.62.